The number of β-amino-alcohol motifs (C(OH)–C–C–N with tert-alkyl or cyclic N) is 1. The predicted octanol–water partition coefficient (Wildman–Crippen LogP) is 4.55. The number of aliphatic hydroxyl groups is 1. The van der Waals surface area contributed by atoms with Gasteiger partial charge in [-0.25, -0.2) is 0 Å². The smallest absolute Gasteiger partial charge is 0.251 e. The second-order valence-corrected chi connectivity index (χ2v) is 13.0. The van der Waals surface area contributed by atoms with Gasteiger partial charge in [-0.2, -0.15) is 0 Å². The molecule has 5 rings (SSSR count). The highest BCUT2D eigenvalue weighted by Crippen LogP contribution is 2.71. The standard InChI is InChI=1S/C31H34ClN3O4S/c1-4-17-33(21-11-7-6-8-12-21)27(37)24-25-28(38)35(19-20-36)26(31(25)16-15-30(24,3)40-31)29(39)34(18-5-2)23-14-10-9-13-22(23)32/h4-14,24-26,36H,1-2,15-20H2,3H3/t24-,25+,26?,30+,31?/m1/s1. The van der Waals surface area contributed by atoms with Crippen molar-refractivity contribution in [2.75, 3.05) is 36.0 Å². The topological polar surface area (TPSA) is 81.2 Å². The molecule has 3 fully saturated rings. The van der Waals surface area contributed by atoms with Crippen LogP contribution in [0.25, 0.3) is 0 Å². The zero-order chi connectivity index (χ0) is 28.7. The third kappa shape index (κ3) is 4.37. The molecular formula is C31H34ClN3O4S. The van der Waals surface area contributed by atoms with Crippen LogP contribution in [0.3, 0.4) is 0 Å². The van der Waals surface area contributed by atoms with Gasteiger partial charge in [0.2, 0.25) is 11.8 Å². The summed E-state index contributed by atoms with van der Waals surface area (Å²) in [6.07, 6.45) is 4.62. The highest BCUT2D eigenvalue weighted by atomic mass is 35.5. The number of fused-ring (bicyclic) bond motifs is 1. The number of nitrogens with zero attached hydrogens (tertiary/aromatic N) is 3. The number of rotatable bonds is 10. The molecule has 2 aromatic rings. The minimum atomic E-state index is -0.859. The highest BCUT2D eigenvalue weighted by Gasteiger charge is 2.77. The molecule has 1 spiro atoms. The van der Waals surface area contributed by atoms with E-state index in [-0.39, 0.29) is 37.4 Å². The lowest BCUT2D eigenvalue weighted by Gasteiger charge is -2.38. The first kappa shape index (κ1) is 28.5. The van der Waals surface area contributed by atoms with E-state index in [2.05, 4.69) is 13.2 Å². The number of para-hydroxylation sites is 2. The lowest BCUT2D eigenvalue weighted by Crippen LogP contribution is -2.55. The Balaban J connectivity index is 1.59. The number of benzene rings is 2. The Bertz CT molecular complexity index is 1340. The Hall–Kier alpha value is -3.07. The molecule has 1 N–H and O–H groups in total. The van der Waals surface area contributed by atoms with Crippen LogP contribution in [-0.4, -0.2) is 69.5 Å². The second-order valence-electron chi connectivity index (χ2n) is 10.7. The van der Waals surface area contributed by atoms with E-state index in [0.717, 1.165) is 5.69 Å². The number of likely N-dealkylation sites (tertiary alicyclic amines) is 1. The number of aliphatic hydroxyl groups excluding tert-OH is 1. The van der Waals surface area contributed by atoms with E-state index >= 15 is 0 Å². The van der Waals surface area contributed by atoms with Crippen molar-refractivity contribution in [3.8, 4) is 0 Å². The van der Waals surface area contributed by atoms with E-state index < -0.39 is 27.4 Å². The Kier molecular flexibility index (Phi) is 7.88. The summed E-state index contributed by atoms with van der Waals surface area (Å²) in [5.74, 6) is -2.02. The molecule has 5 atom stereocenters. The molecule has 0 aliphatic carbocycles. The predicted molar refractivity (Wildman–Crippen MR) is 161 cm³/mol. The number of carbonyl (C=O) groups excluding carboxylic acids is 3. The van der Waals surface area contributed by atoms with E-state index in [1.54, 1.807) is 58.0 Å². The van der Waals surface area contributed by atoms with Gasteiger partial charge in [0.1, 0.15) is 6.04 Å². The highest BCUT2D eigenvalue weighted by molar-refractivity contribution is 8.02. The molecule has 2 bridgehead atoms. The van der Waals surface area contributed by atoms with Gasteiger partial charge < -0.3 is 19.8 Å². The maximum absolute atomic E-state index is 14.5. The quantitative estimate of drug-likeness (QED) is 0.418. The molecule has 3 amide bonds. The summed E-state index contributed by atoms with van der Waals surface area (Å²) in [6, 6.07) is 15.6. The lowest BCUT2D eigenvalue weighted by atomic mass is 9.66. The molecule has 0 saturated carbocycles. The molecule has 2 unspecified atom stereocenters. The third-order valence-electron chi connectivity index (χ3n) is 8.48. The van der Waals surface area contributed by atoms with E-state index in [1.165, 1.54) is 4.90 Å². The maximum atomic E-state index is 14.5. The monoisotopic (exact) mass is 579 g/mol. The number of hydrogen-bond donors (Lipinski definition) is 1. The summed E-state index contributed by atoms with van der Waals surface area (Å²) in [4.78, 5) is 47.9. The van der Waals surface area contributed by atoms with Gasteiger partial charge in [0.15, 0.2) is 0 Å². The lowest BCUT2D eigenvalue weighted by molar-refractivity contribution is -0.140. The molecule has 7 nitrogen and oxygen atoms in total. The van der Waals surface area contributed by atoms with E-state index in [9.17, 15) is 19.5 Å². The Morgan fingerprint density at radius 2 is 1.70 bits per heavy atom. The molecule has 0 radical (unpaired) electrons. The number of halogens is 1. The molecule has 210 valence electrons. The first-order chi connectivity index (χ1) is 19.2. The third-order valence-corrected chi connectivity index (χ3v) is 10.8. The van der Waals surface area contributed by atoms with Crippen molar-refractivity contribution in [2.45, 2.75) is 35.3 Å². The van der Waals surface area contributed by atoms with Gasteiger partial charge in [-0.15, -0.1) is 24.9 Å². The molecule has 3 aliphatic rings. The fraction of sp³-hybridized carbons (Fsp3) is 0.387. The number of thioether (sulfide) groups is 1. The van der Waals surface area contributed by atoms with Crippen molar-refractivity contribution in [1.82, 2.24) is 4.90 Å². The van der Waals surface area contributed by atoms with Crippen LogP contribution in [-0.2, 0) is 14.4 Å². The summed E-state index contributed by atoms with van der Waals surface area (Å²) < 4.78 is -1.33. The number of hydrogen-bond acceptors (Lipinski definition) is 5. The summed E-state index contributed by atoms with van der Waals surface area (Å²) in [7, 11) is 0. The van der Waals surface area contributed by atoms with Gasteiger partial charge in [-0.1, -0.05) is 54.1 Å². The van der Waals surface area contributed by atoms with Crippen LogP contribution in [0.5, 0.6) is 0 Å². The van der Waals surface area contributed by atoms with Crippen LogP contribution in [0.1, 0.15) is 19.8 Å². The van der Waals surface area contributed by atoms with Gasteiger partial charge in [0.05, 0.1) is 33.9 Å². The van der Waals surface area contributed by atoms with Crippen LogP contribution in [0.4, 0.5) is 11.4 Å². The Morgan fingerprint density at radius 3 is 2.35 bits per heavy atom. The fourth-order valence-corrected chi connectivity index (χ4v) is 9.49. The largest absolute Gasteiger partial charge is 0.395 e. The van der Waals surface area contributed by atoms with Crippen LogP contribution >= 0.6 is 23.4 Å². The van der Waals surface area contributed by atoms with E-state index in [0.29, 0.717) is 30.1 Å². The normalized spacial score (nSPS) is 28.3. The number of carbonyl (C=O) groups is 3. The number of amides is 3. The molecule has 3 aliphatic heterocycles. The molecule has 2 aromatic carbocycles. The Labute approximate surface area is 244 Å². The Morgan fingerprint density at radius 1 is 1.05 bits per heavy atom. The molecule has 3 saturated heterocycles. The minimum absolute atomic E-state index is 0.00514. The second kappa shape index (κ2) is 11.1. The van der Waals surface area contributed by atoms with E-state index in [1.807, 2.05) is 37.3 Å². The zero-order valence-electron chi connectivity index (χ0n) is 22.5. The van der Waals surface area contributed by atoms with Crippen LogP contribution in [0, 0.1) is 11.8 Å². The van der Waals surface area contributed by atoms with Crippen LogP contribution in [0.2, 0.25) is 5.02 Å². The zero-order valence-corrected chi connectivity index (χ0v) is 24.1. The van der Waals surface area contributed by atoms with Crippen LogP contribution < -0.4 is 9.80 Å². The molecular weight excluding hydrogens is 546 g/mol. The summed E-state index contributed by atoms with van der Waals surface area (Å²) in [5.41, 5.74) is 1.27. The maximum Gasteiger partial charge on any atom is 0.251 e. The van der Waals surface area contributed by atoms with Crippen LogP contribution in [0.15, 0.2) is 79.9 Å². The summed E-state index contributed by atoms with van der Waals surface area (Å²) in [6.45, 7) is 9.95. The van der Waals surface area contributed by atoms with Gasteiger partial charge in [0.25, 0.3) is 5.91 Å². The summed E-state index contributed by atoms with van der Waals surface area (Å²) in [5, 5.41) is 10.4. The van der Waals surface area contributed by atoms with Gasteiger partial charge in [0, 0.05) is 30.1 Å². The van der Waals surface area contributed by atoms with Gasteiger partial charge >= 0.3 is 0 Å². The van der Waals surface area contributed by atoms with Crippen molar-refractivity contribution in [3.05, 3.63) is 84.9 Å². The van der Waals surface area contributed by atoms with Gasteiger partial charge in [-0.05, 0) is 44.0 Å². The molecule has 9 heteroatoms. The average Bonchev–Trinajstić information content (AvgIpc) is 3.51. The first-order valence-electron chi connectivity index (χ1n) is 13.5. The van der Waals surface area contributed by atoms with Gasteiger partial charge in [-0.3, -0.25) is 14.4 Å². The van der Waals surface area contributed by atoms with Crippen molar-refractivity contribution >= 4 is 52.5 Å². The summed E-state index contributed by atoms with van der Waals surface area (Å²) >= 11 is 8.12. The fourth-order valence-electron chi connectivity index (χ4n) is 6.91. The molecule has 3 heterocycles. The van der Waals surface area contributed by atoms with E-state index in [4.69, 9.17) is 11.6 Å². The van der Waals surface area contributed by atoms with Crippen molar-refractivity contribution in [1.29, 1.82) is 0 Å². The first-order valence-corrected chi connectivity index (χ1v) is 14.7. The van der Waals surface area contributed by atoms with Crippen molar-refractivity contribution in [3.63, 3.8) is 0 Å². The minimum Gasteiger partial charge on any atom is -0.395 e. The average molecular weight is 580 g/mol. The molecule has 40 heavy (non-hydrogen) atoms. The SMILES string of the molecule is C=CCN(C(=O)[C@H]1[C@H]2C(=O)N(CCO)C(C(=O)N(CC=C)c3ccccc3Cl)C23CC[C@]1(C)S3)c1ccccc1. The van der Waals surface area contributed by atoms with Crippen molar-refractivity contribution < 1.29 is 19.5 Å². The van der Waals surface area contributed by atoms with Crippen molar-refractivity contribution in [2.24, 2.45) is 11.8 Å². The molecule has 0 aromatic heterocycles. The number of anilines is 2.